The van der Waals surface area contributed by atoms with Crippen molar-refractivity contribution in [3.05, 3.63) is 35.5 Å². The number of aliphatic hydroxyl groups excluding tert-OH is 2. The molecule has 0 aromatic carbocycles. The fraction of sp³-hybridized carbons (Fsp3) is 0.794. The van der Waals surface area contributed by atoms with Crippen LogP contribution in [0.3, 0.4) is 0 Å². The molecule has 204 valence electrons. The molecule has 0 aromatic rings. The maximum absolute atomic E-state index is 13.4. The second-order valence-electron chi connectivity index (χ2n) is 14.7. The molecule has 7 saturated carbocycles. The third-order valence-electron chi connectivity index (χ3n) is 12.6. The molecule has 7 aliphatic carbocycles. The normalized spacial score (nSPS) is 47.7. The van der Waals surface area contributed by atoms with Gasteiger partial charge in [0, 0.05) is 18.3 Å². The predicted molar refractivity (Wildman–Crippen MR) is 149 cm³/mol. The average Bonchev–Trinajstić information content (AvgIpc) is 3.44. The van der Waals surface area contributed by atoms with Crippen LogP contribution in [0.4, 0.5) is 0 Å². The Morgan fingerprint density at radius 3 is 2.59 bits per heavy atom. The van der Waals surface area contributed by atoms with Gasteiger partial charge in [-0.15, -0.1) is 0 Å². The number of fused-ring (bicyclic) bond motifs is 1. The molecule has 3 nitrogen and oxygen atoms in total. The Balaban J connectivity index is 1.06. The lowest BCUT2D eigenvalue weighted by molar-refractivity contribution is -0.131. The molecule has 7 rings (SSSR count). The van der Waals surface area contributed by atoms with Gasteiger partial charge in [0.05, 0.1) is 12.2 Å². The largest absolute Gasteiger partial charge is 0.393 e. The van der Waals surface area contributed by atoms with E-state index in [1.807, 2.05) is 0 Å². The number of ketones is 1. The van der Waals surface area contributed by atoms with Gasteiger partial charge in [-0.25, -0.2) is 0 Å². The topological polar surface area (TPSA) is 57.5 Å². The highest BCUT2D eigenvalue weighted by atomic mass is 16.3. The van der Waals surface area contributed by atoms with Crippen LogP contribution in [-0.4, -0.2) is 28.2 Å². The van der Waals surface area contributed by atoms with Crippen LogP contribution in [0.5, 0.6) is 0 Å². The van der Waals surface area contributed by atoms with E-state index in [0.717, 1.165) is 47.7 Å². The Morgan fingerprint density at radius 1 is 1.11 bits per heavy atom. The van der Waals surface area contributed by atoms with E-state index in [-0.39, 0.29) is 5.41 Å². The van der Waals surface area contributed by atoms with Crippen molar-refractivity contribution in [2.75, 3.05) is 0 Å². The molecule has 7 aliphatic rings. The Hall–Kier alpha value is -1.19. The van der Waals surface area contributed by atoms with Gasteiger partial charge in [-0.1, -0.05) is 44.6 Å². The van der Waals surface area contributed by atoms with Gasteiger partial charge in [0.15, 0.2) is 0 Å². The third kappa shape index (κ3) is 4.54. The summed E-state index contributed by atoms with van der Waals surface area (Å²) in [7, 11) is 0. The van der Waals surface area contributed by atoms with E-state index >= 15 is 0 Å². The predicted octanol–water partition coefficient (Wildman–Crippen LogP) is 7.33. The van der Waals surface area contributed by atoms with Crippen molar-refractivity contribution in [2.45, 2.75) is 122 Å². The molecule has 5 unspecified atom stereocenters. The van der Waals surface area contributed by atoms with Gasteiger partial charge < -0.3 is 10.2 Å². The monoisotopic (exact) mass is 506 g/mol. The smallest absolute Gasteiger partial charge is 0.139 e. The zero-order valence-corrected chi connectivity index (χ0v) is 23.4. The molecule has 0 radical (unpaired) electrons. The van der Waals surface area contributed by atoms with E-state index in [1.54, 1.807) is 5.57 Å². The molecular formula is C34H50O3. The maximum atomic E-state index is 13.4. The molecule has 0 spiro atoms. The number of allylic oxidation sites excluding steroid dienone is 3. The van der Waals surface area contributed by atoms with Crippen molar-refractivity contribution in [3.63, 3.8) is 0 Å². The van der Waals surface area contributed by atoms with Gasteiger partial charge in [-0.3, -0.25) is 4.79 Å². The van der Waals surface area contributed by atoms with E-state index in [1.165, 1.54) is 70.6 Å². The minimum absolute atomic E-state index is 0.0947. The number of Topliss-reactive ketones (excluding diaryl/α,β-unsaturated/α-hetero) is 1. The Labute approximate surface area is 224 Å². The van der Waals surface area contributed by atoms with Gasteiger partial charge in [0.25, 0.3) is 0 Å². The molecule has 8 atom stereocenters. The average molecular weight is 507 g/mol. The van der Waals surface area contributed by atoms with Crippen molar-refractivity contribution in [3.8, 4) is 0 Å². The summed E-state index contributed by atoms with van der Waals surface area (Å²) in [5.41, 5.74) is 3.82. The summed E-state index contributed by atoms with van der Waals surface area (Å²) in [5.74, 6) is 5.32. The summed E-state index contributed by atoms with van der Waals surface area (Å²) >= 11 is 0. The van der Waals surface area contributed by atoms with Crippen LogP contribution in [0.25, 0.3) is 0 Å². The highest BCUT2D eigenvalue weighted by Gasteiger charge is 2.58. The summed E-state index contributed by atoms with van der Waals surface area (Å²) in [6.45, 7) is 9.12. The lowest BCUT2D eigenvalue weighted by Gasteiger charge is -2.44. The Kier molecular flexibility index (Phi) is 6.88. The standard InChI is InChI=1S/C34H50O3/c1-21(6-4-8-32(37)34-18-23-14-26(19-34)27(15-23)20-34)29-11-12-30-24(7-5-13-33(29,30)3)9-10-25-16-28(35)17-31(36)22(25)2/h9-10,21,23,26-31,35-36H,2,4-8,11-20H2,1,3H3/b24-9+,25-10-/t21?,23?,26?,27?,28-,29-,30+,31?,33?,34?/m1/s1. The van der Waals surface area contributed by atoms with Crippen molar-refractivity contribution in [2.24, 2.45) is 46.3 Å². The minimum atomic E-state index is -0.618. The molecular weight excluding hydrogens is 456 g/mol. The SMILES string of the molecule is C=C1/C(=C\C=C2/CCCC3(C)[C@@H](C(C)CCCC(=O)C45CC6CC(C4)C(C6)C5)CC[C@@H]23)C[C@@H](O)CC1O. The lowest BCUT2D eigenvalue weighted by atomic mass is 9.60. The quantitative estimate of drug-likeness (QED) is 0.380. The second-order valence-corrected chi connectivity index (χ2v) is 14.7. The fourth-order valence-corrected chi connectivity index (χ4v) is 10.9. The van der Waals surface area contributed by atoms with Crippen LogP contribution in [0.1, 0.15) is 110 Å². The van der Waals surface area contributed by atoms with Crippen LogP contribution in [0.2, 0.25) is 0 Å². The van der Waals surface area contributed by atoms with Crippen molar-refractivity contribution < 1.29 is 15.0 Å². The highest BCUT2D eigenvalue weighted by Crippen LogP contribution is 2.65. The van der Waals surface area contributed by atoms with Crippen LogP contribution in [0, 0.1) is 46.3 Å². The molecule has 0 aromatic heterocycles. The van der Waals surface area contributed by atoms with Crippen molar-refractivity contribution >= 4 is 5.78 Å². The third-order valence-corrected chi connectivity index (χ3v) is 12.6. The molecule has 0 saturated heterocycles. The van der Waals surface area contributed by atoms with Crippen LogP contribution < -0.4 is 0 Å². The zero-order valence-electron chi connectivity index (χ0n) is 23.4. The molecule has 7 fully saturated rings. The number of carbonyl (C=O) groups excluding carboxylic acids is 1. The fourth-order valence-electron chi connectivity index (χ4n) is 10.9. The first-order valence-corrected chi connectivity index (χ1v) is 15.7. The summed E-state index contributed by atoms with van der Waals surface area (Å²) < 4.78 is 0. The van der Waals surface area contributed by atoms with E-state index in [9.17, 15) is 15.0 Å². The van der Waals surface area contributed by atoms with Crippen molar-refractivity contribution in [1.82, 2.24) is 0 Å². The van der Waals surface area contributed by atoms with E-state index in [2.05, 4.69) is 32.6 Å². The number of rotatable bonds is 7. The number of aliphatic hydroxyl groups is 2. The maximum Gasteiger partial charge on any atom is 0.139 e. The minimum Gasteiger partial charge on any atom is -0.393 e. The molecule has 37 heavy (non-hydrogen) atoms. The highest BCUT2D eigenvalue weighted by molar-refractivity contribution is 5.85. The second kappa shape index (κ2) is 9.77. The zero-order chi connectivity index (χ0) is 25.9. The van der Waals surface area contributed by atoms with Crippen LogP contribution >= 0.6 is 0 Å². The van der Waals surface area contributed by atoms with Gasteiger partial charge in [0.1, 0.15) is 5.78 Å². The first-order chi connectivity index (χ1) is 17.7. The molecule has 4 bridgehead atoms. The number of hydrogen-bond acceptors (Lipinski definition) is 3. The van der Waals surface area contributed by atoms with Gasteiger partial charge in [-0.05, 0) is 129 Å². The molecule has 0 aliphatic heterocycles. The van der Waals surface area contributed by atoms with Crippen LogP contribution in [0.15, 0.2) is 35.5 Å². The number of hydrogen-bond donors (Lipinski definition) is 2. The molecule has 0 heterocycles. The van der Waals surface area contributed by atoms with Gasteiger partial charge in [0.2, 0.25) is 0 Å². The first kappa shape index (κ1) is 26.1. The Bertz CT molecular complexity index is 970. The molecule has 0 amide bonds. The summed E-state index contributed by atoms with van der Waals surface area (Å²) in [6.07, 6.45) is 20.3. The van der Waals surface area contributed by atoms with Gasteiger partial charge >= 0.3 is 0 Å². The van der Waals surface area contributed by atoms with Gasteiger partial charge in [-0.2, -0.15) is 0 Å². The molecule has 3 heteroatoms. The summed E-state index contributed by atoms with van der Waals surface area (Å²) in [6, 6.07) is 0. The molecule has 2 N–H and O–H groups in total. The lowest BCUT2D eigenvalue weighted by Crippen LogP contribution is -2.36. The van der Waals surface area contributed by atoms with E-state index in [0.29, 0.717) is 35.9 Å². The first-order valence-electron chi connectivity index (χ1n) is 15.7. The van der Waals surface area contributed by atoms with Crippen LogP contribution in [-0.2, 0) is 4.79 Å². The number of carbonyl (C=O) groups is 1. The van der Waals surface area contributed by atoms with Crippen molar-refractivity contribution in [1.29, 1.82) is 0 Å². The van der Waals surface area contributed by atoms with E-state index in [4.69, 9.17) is 0 Å². The van der Waals surface area contributed by atoms with E-state index < -0.39 is 12.2 Å². The summed E-state index contributed by atoms with van der Waals surface area (Å²) in [5, 5.41) is 20.4. The Morgan fingerprint density at radius 2 is 1.86 bits per heavy atom. The summed E-state index contributed by atoms with van der Waals surface area (Å²) in [4.78, 5) is 13.4.